The van der Waals surface area contributed by atoms with E-state index in [0.29, 0.717) is 5.75 Å². The lowest BCUT2D eigenvalue weighted by Gasteiger charge is -2.22. The monoisotopic (exact) mass is 407 g/mol. The van der Waals surface area contributed by atoms with E-state index >= 15 is 0 Å². The van der Waals surface area contributed by atoms with Crippen LogP contribution >= 0.6 is 0 Å². The first kappa shape index (κ1) is 22.1. The van der Waals surface area contributed by atoms with Gasteiger partial charge in [0.05, 0.1) is 18.5 Å². The molecule has 0 spiro atoms. The van der Waals surface area contributed by atoms with Crippen molar-refractivity contribution in [2.24, 2.45) is 0 Å². The number of esters is 1. The number of ether oxygens (including phenoxy) is 2. The van der Waals surface area contributed by atoms with Crippen LogP contribution in [0.5, 0.6) is 5.75 Å². The van der Waals surface area contributed by atoms with E-state index in [1.807, 2.05) is 0 Å². The summed E-state index contributed by atoms with van der Waals surface area (Å²) >= 11 is 0. The van der Waals surface area contributed by atoms with Crippen molar-refractivity contribution >= 4 is 29.2 Å². The van der Waals surface area contributed by atoms with E-state index in [4.69, 9.17) is 9.47 Å². The Morgan fingerprint density at radius 3 is 2.52 bits per heavy atom. The van der Waals surface area contributed by atoms with Gasteiger partial charge in [-0.05, 0) is 18.9 Å². The Kier molecular flexibility index (Phi) is 8.38. The first-order valence-corrected chi connectivity index (χ1v) is 9.46. The molecule has 0 atom stereocenters. The molecule has 0 heterocycles. The molecule has 2 rings (SSSR count). The van der Waals surface area contributed by atoms with Crippen LogP contribution in [0.2, 0.25) is 0 Å². The summed E-state index contributed by atoms with van der Waals surface area (Å²) in [5.41, 5.74) is -0.382. The third-order valence-electron chi connectivity index (χ3n) is 4.57. The van der Waals surface area contributed by atoms with Crippen molar-refractivity contribution in [2.45, 2.75) is 51.0 Å². The minimum Gasteiger partial charge on any atom is -0.497 e. The number of carbonyl (C=O) groups excluding carboxylic acids is 3. The number of nitro benzene ring substituents is 1. The molecule has 29 heavy (non-hydrogen) atoms. The van der Waals surface area contributed by atoms with Crippen molar-refractivity contribution in [1.82, 2.24) is 5.32 Å². The molecule has 2 N–H and O–H groups in total. The lowest BCUT2D eigenvalue weighted by molar-refractivity contribution is -0.383. The van der Waals surface area contributed by atoms with Crippen LogP contribution in [0.25, 0.3) is 0 Å². The fourth-order valence-corrected chi connectivity index (χ4v) is 3.07. The van der Waals surface area contributed by atoms with Gasteiger partial charge in [-0.2, -0.15) is 0 Å². The lowest BCUT2D eigenvalue weighted by Crippen LogP contribution is -2.36. The van der Waals surface area contributed by atoms with E-state index < -0.39 is 23.4 Å². The second-order valence-electron chi connectivity index (χ2n) is 6.75. The molecule has 0 aliphatic heterocycles. The summed E-state index contributed by atoms with van der Waals surface area (Å²) in [6.07, 6.45) is 5.10. The Morgan fingerprint density at radius 2 is 1.86 bits per heavy atom. The Bertz CT molecular complexity index is 760. The van der Waals surface area contributed by atoms with Crippen LogP contribution < -0.4 is 15.4 Å². The van der Waals surface area contributed by atoms with Crippen molar-refractivity contribution in [3.8, 4) is 5.75 Å². The van der Waals surface area contributed by atoms with Gasteiger partial charge < -0.3 is 20.1 Å². The number of amides is 2. The van der Waals surface area contributed by atoms with E-state index in [9.17, 15) is 24.5 Å². The predicted octanol–water partition coefficient (Wildman–Crippen LogP) is 2.31. The molecule has 10 nitrogen and oxygen atoms in total. The summed E-state index contributed by atoms with van der Waals surface area (Å²) < 4.78 is 9.82. The highest BCUT2D eigenvalue weighted by atomic mass is 16.6. The SMILES string of the molecule is COc1ccc([N+](=O)[O-])c(NC(=O)COC(=O)CCC(=O)NC2CCCCC2)c1. The quantitative estimate of drug-likeness (QED) is 0.364. The highest BCUT2D eigenvalue weighted by Crippen LogP contribution is 2.28. The summed E-state index contributed by atoms with van der Waals surface area (Å²) in [5, 5.41) is 16.3. The molecule has 1 saturated carbocycles. The van der Waals surface area contributed by atoms with E-state index in [1.165, 1.54) is 31.7 Å². The molecule has 10 heteroatoms. The van der Waals surface area contributed by atoms with Crippen LogP contribution in [0.15, 0.2) is 18.2 Å². The van der Waals surface area contributed by atoms with Gasteiger partial charge in [-0.15, -0.1) is 0 Å². The molecule has 0 radical (unpaired) electrons. The van der Waals surface area contributed by atoms with Crippen LogP contribution in [0.4, 0.5) is 11.4 Å². The molecular weight excluding hydrogens is 382 g/mol. The number of anilines is 1. The molecule has 0 unspecified atom stereocenters. The number of hydrogen-bond acceptors (Lipinski definition) is 7. The largest absolute Gasteiger partial charge is 0.497 e. The van der Waals surface area contributed by atoms with Crippen molar-refractivity contribution in [3.63, 3.8) is 0 Å². The van der Waals surface area contributed by atoms with Gasteiger partial charge in [0.25, 0.3) is 11.6 Å². The minimum absolute atomic E-state index is 0.0156. The fourth-order valence-electron chi connectivity index (χ4n) is 3.07. The zero-order valence-corrected chi connectivity index (χ0v) is 16.3. The summed E-state index contributed by atoms with van der Waals surface area (Å²) in [7, 11) is 1.39. The number of rotatable bonds is 9. The van der Waals surface area contributed by atoms with Crippen LogP contribution in [-0.2, 0) is 19.1 Å². The smallest absolute Gasteiger partial charge is 0.306 e. The van der Waals surface area contributed by atoms with Gasteiger partial charge in [0, 0.05) is 24.6 Å². The number of methoxy groups -OCH3 is 1. The zero-order chi connectivity index (χ0) is 21.2. The molecule has 2 amide bonds. The van der Waals surface area contributed by atoms with E-state index in [2.05, 4.69) is 10.6 Å². The van der Waals surface area contributed by atoms with Gasteiger partial charge in [0.1, 0.15) is 11.4 Å². The molecular formula is C19H25N3O7. The highest BCUT2D eigenvalue weighted by molar-refractivity contribution is 5.95. The van der Waals surface area contributed by atoms with E-state index in [-0.39, 0.29) is 36.2 Å². The first-order chi connectivity index (χ1) is 13.9. The molecule has 0 saturated heterocycles. The maximum Gasteiger partial charge on any atom is 0.306 e. The molecule has 1 aliphatic rings. The van der Waals surface area contributed by atoms with Crippen molar-refractivity contribution in [3.05, 3.63) is 28.3 Å². The predicted molar refractivity (Wildman–Crippen MR) is 103 cm³/mol. The van der Waals surface area contributed by atoms with Crippen LogP contribution in [0, 0.1) is 10.1 Å². The second-order valence-corrected chi connectivity index (χ2v) is 6.75. The maximum atomic E-state index is 12.0. The summed E-state index contributed by atoms with van der Waals surface area (Å²) in [4.78, 5) is 46.0. The third-order valence-corrected chi connectivity index (χ3v) is 4.57. The first-order valence-electron chi connectivity index (χ1n) is 9.46. The van der Waals surface area contributed by atoms with Gasteiger partial charge in [0.15, 0.2) is 6.61 Å². The summed E-state index contributed by atoms with van der Waals surface area (Å²) in [6.45, 7) is -0.614. The normalized spacial score (nSPS) is 14.0. The minimum atomic E-state index is -0.735. The Balaban J connectivity index is 1.75. The van der Waals surface area contributed by atoms with Gasteiger partial charge in [-0.3, -0.25) is 24.5 Å². The Morgan fingerprint density at radius 1 is 1.14 bits per heavy atom. The molecule has 1 aromatic rings. The number of hydrogen-bond donors (Lipinski definition) is 2. The average molecular weight is 407 g/mol. The summed E-state index contributed by atoms with van der Waals surface area (Å²) in [5.74, 6) is -1.32. The standard InChI is InChI=1S/C19H25N3O7/c1-28-14-7-8-16(22(26)27)15(11-14)21-18(24)12-29-19(25)10-9-17(23)20-13-5-3-2-4-6-13/h7-8,11,13H,2-6,9-10,12H2,1H3,(H,20,23)(H,21,24). The van der Waals surface area contributed by atoms with Crippen LogP contribution in [-0.4, -0.2) is 42.5 Å². The Hall–Kier alpha value is -3.17. The van der Waals surface area contributed by atoms with Gasteiger partial charge in [-0.25, -0.2) is 0 Å². The van der Waals surface area contributed by atoms with Crippen LogP contribution in [0.3, 0.4) is 0 Å². The lowest BCUT2D eigenvalue weighted by atomic mass is 9.95. The molecule has 158 valence electrons. The summed E-state index contributed by atoms with van der Waals surface area (Å²) in [6, 6.07) is 4.06. The second kappa shape index (κ2) is 11.0. The molecule has 1 aromatic carbocycles. The average Bonchev–Trinajstić information content (AvgIpc) is 2.71. The highest BCUT2D eigenvalue weighted by Gasteiger charge is 2.19. The third kappa shape index (κ3) is 7.40. The van der Waals surface area contributed by atoms with Gasteiger partial charge in [0.2, 0.25) is 5.91 Å². The fraction of sp³-hybridized carbons (Fsp3) is 0.526. The topological polar surface area (TPSA) is 137 Å². The number of carbonyl (C=O) groups is 3. The number of nitrogens with one attached hydrogen (secondary N) is 2. The number of nitro groups is 1. The number of nitrogens with zero attached hydrogens (tertiary/aromatic N) is 1. The maximum absolute atomic E-state index is 12.0. The van der Waals surface area contributed by atoms with Gasteiger partial charge >= 0.3 is 5.97 Å². The van der Waals surface area contributed by atoms with Crippen molar-refractivity contribution in [2.75, 3.05) is 19.0 Å². The van der Waals surface area contributed by atoms with E-state index in [0.717, 1.165) is 25.7 Å². The molecule has 0 aromatic heterocycles. The van der Waals surface area contributed by atoms with Crippen molar-refractivity contribution < 1.29 is 28.8 Å². The Labute approximate surface area is 168 Å². The van der Waals surface area contributed by atoms with Gasteiger partial charge in [-0.1, -0.05) is 19.3 Å². The molecule has 1 aliphatic carbocycles. The zero-order valence-electron chi connectivity index (χ0n) is 16.3. The van der Waals surface area contributed by atoms with E-state index in [1.54, 1.807) is 0 Å². The molecule has 1 fully saturated rings. The number of benzene rings is 1. The van der Waals surface area contributed by atoms with Crippen LogP contribution in [0.1, 0.15) is 44.9 Å². The van der Waals surface area contributed by atoms with Crippen molar-refractivity contribution in [1.29, 1.82) is 0 Å². The molecule has 0 bridgehead atoms.